The monoisotopic (exact) mass is 303 g/mol. The summed E-state index contributed by atoms with van der Waals surface area (Å²) in [4.78, 5) is 4.17. The molecule has 3 N–H and O–H groups in total. The summed E-state index contributed by atoms with van der Waals surface area (Å²) < 4.78 is 5.80. The first kappa shape index (κ1) is 14.2. The van der Waals surface area contributed by atoms with Gasteiger partial charge in [0, 0.05) is 29.3 Å². The lowest BCUT2D eigenvalue weighted by Gasteiger charge is -2.25. The van der Waals surface area contributed by atoms with Gasteiger partial charge in [-0.2, -0.15) is 0 Å². The highest BCUT2D eigenvalue weighted by Crippen LogP contribution is 2.42. The minimum absolute atomic E-state index is 0.0323. The van der Waals surface area contributed by atoms with Gasteiger partial charge in [-0.1, -0.05) is 36.7 Å². The maximum atomic E-state index is 6.09. The molecular weight excluding hydrogens is 286 g/mol. The summed E-state index contributed by atoms with van der Waals surface area (Å²) in [5.74, 6) is 1.65. The Hall–Kier alpha value is -1.78. The molecule has 0 aliphatic carbocycles. The van der Waals surface area contributed by atoms with Crippen LogP contribution in [-0.2, 0) is 0 Å². The molecule has 2 heterocycles. The van der Waals surface area contributed by atoms with Gasteiger partial charge in [-0.15, -0.1) is 0 Å². The Morgan fingerprint density at radius 1 is 1.48 bits per heavy atom. The fraction of sp³-hybridized carbons (Fsp3) is 0.312. The molecule has 0 amide bonds. The molecule has 21 heavy (non-hydrogen) atoms. The molecule has 1 aliphatic heterocycles. The van der Waals surface area contributed by atoms with E-state index in [4.69, 9.17) is 22.1 Å². The standard InChI is InChI=1S/C16H18ClN3O/c1-2-19-15(12-7-10(17)8-20-16(12)18)13-9-21-14-6-4-3-5-11(13)14/h3-8,13,15,19H,2,9H2,1H3,(H2,18,20). The highest BCUT2D eigenvalue weighted by molar-refractivity contribution is 6.30. The number of hydrogen-bond donors (Lipinski definition) is 2. The van der Waals surface area contributed by atoms with Gasteiger partial charge in [0.25, 0.3) is 0 Å². The molecular formula is C16H18ClN3O. The molecule has 2 aromatic rings. The molecule has 1 aliphatic rings. The number of halogens is 1. The average Bonchev–Trinajstić information content (AvgIpc) is 2.91. The van der Waals surface area contributed by atoms with E-state index in [1.165, 1.54) is 5.56 Å². The van der Waals surface area contributed by atoms with E-state index in [2.05, 4.69) is 23.3 Å². The van der Waals surface area contributed by atoms with Gasteiger partial charge in [0.1, 0.15) is 11.6 Å². The van der Waals surface area contributed by atoms with Crippen molar-refractivity contribution in [1.29, 1.82) is 0 Å². The third-order valence-corrected chi connectivity index (χ3v) is 4.02. The lowest BCUT2D eigenvalue weighted by molar-refractivity contribution is 0.301. The molecule has 1 aromatic carbocycles. The molecule has 2 atom stereocenters. The number of para-hydroxylation sites is 1. The molecule has 2 unspecified atom stereocenters. The van der Waals surface area contributed by atoms with Crippen LogP contribution in [0.1, 0.15) is 30.0 Å². The Morgan fingerprint density at radius 2 is 2.29 bits per heavy atom. The molecule has 0 saturated heterocycles. The van der Waals surface area contributed by atoms with E-state index < -0.39 is 0 Å². The van der Waals surface area contributed by atoms with Gasteiger partial charge >= 0.3 is 0 Å². The first-order valence-corrected chi connectivity index (χ1v) is 7.44. The quantitative estimate of drug-likeness (QED) is 0.911. The number of nitrogens with one attached hydrogen (secondary N) is 1. The van der Waals surface area contributed by atoms with Crippen molar-refractivity contribution >= 4 is 17.4 Å². The predicted molar refractivity (Wildman–Crippen MR) is 84.8 cm³/mol. The number of nitrogens with two attached hydrogens (primary N) is 1. The molecule has 4 nitrogen and oxygen atoms in total. The van der Waals surface area contributed by atoms with Crippen molar-refractivity contribution in [3.63, 3.8) is 0 Å². The van der Waals surface area contributed by atoms with Crippen LogP contribution in [0, 0.1) is 0 Å². The van der Waals surface area contributed by atoms with Crippen molar-refractivity contribution in [2.24, 2.45) is 0 Å². The number of anilines is 1. The number of likely N-dealkylation sites (N-methyl/N-ethyl adjacent to an activating group) is 1. The highest BCUT2D eigenvalue weighted by Gasteiger charge is 2.33. The topological polar surface area (TPSA) is 60.2 Å². The van der Waals surface area contributed by atoms with Crippen molar-refractivity contribution in [3.05, 3.63) is 52.7 Å². The van der Waals surface area contributed by atoms with Crippen LogP contribution >= 0.6 is 11.6 Å². The van der Waals surface area contributed by atoms with Gasteiger partial charge in [0.2, 0.25) is 0 Å². The van der Waals surface area contributed by atoms with Crippen molar-refractivity contribution in [2.45, 2.75) is 18.9 Å². The zero-order valence-corrected chi connectivity index (χ0v) is 12.6. The third kappa shape index (κ3) is 2.69. The number of nitrogens with zero attached hydrogens (tertiary/aromatic N) is 1. The van der Waals surface area contributed by atoms with Crippen molar-refractivity contribution in [2.75, 3.05) is 18.9 Å². The second kappa shape index (κ2) is 5.92. The van der Waals surface area contributed by atoms with Crippen molar-refractivity contribution in [1.82, 2.24) is 10.3 Å². The predicted octanol–water partition coefficient (Wildman–Crippen LogP) is 3.14. The van der Waals surface area contributed by atoms with Gasteiger partial charge in [-0.05, 0) is 18.7 Å². The van der Waals surface area contributed by atoms with E-state index in [1.54, 1.807) is 6.20 Å². The number of hydrogen-bond acceptors (Lipinski definition) is 4. The third-order valence-electron chi connectivity index (χ3n) is 3.81. The van der Waals surface area contributed by atoms with Crippen LogP contribution in [0.2, 0.25) is 5.02 Å². The number of pyridine rings is 1. The Morgan fingerprint density at radius 3 is 3.10 bits per heavy atom. The van der Waals surface area contributed by atoms with Gasteiger partial charge in [-0.3, -0.25) is 0 Å². The van der Waals surface area contributed by atoms with Gasteiger partial charge in [0.05, 0.1) is 11.6 Å². The van der Waals surface area contributed by atoms with E-state index in [9.17, 15) is 0 Å². The summed E-state index contributed by atoms with van der Waals surface area (Å²) in [6.07, 6.45) is 1.57. The maximum absolute atomic E-state index is 6.09. The summed E-state index contributed by atoms with van der Waals surface area (Å²) in [5, 5.41) is 4.08. The van der Waals surface area contributed by atoms with Gasteiger partial charge in [0.15, 0.2) is 0 Å². The number of nitrogen functional groups attached to an aromatic ring is 1. The van der Waals surface area contributed by atoms with Crippen molar-refractivity contribution < 1.29 is 4.74 Å². The summed E-state index contributed by atoms with van der Waals surface area (Å²) in [5.41, 5.74) is 8.18. The van der Waals surface area contributed by atoms with E-state index >= 15 is 0 Å². The molecule has 5 heteroatoms. The van der Waals surface area contributed by atoms with E-state index in [1.807, 2.05) is 24.3 Å². The highest BCUT2D eigenvalue weighted by atomic mass is 35.5. The van der Waals surface area contributed by atoms with E-state index in [-0.39, 0.29) is 12.0 Å². The molecule has 1 aromatic heterocycles. The lowest BCUT2D eigenvalue weighted by Crippen LogP contribution is -2.29. The number of rotatable bonds is 4. The van der Waals surface area contributed by atoms with Gasteiger partial charge in [-0.25, -0.2) is 4.98 Å². The smallest absolute Gasteiger partial charge is 0.128 e. The number of fused-ring (bicyclic) bond motifs is 1. The zero-order valence-electron chi connectivity index (χ0n) is 11.8. The molecule has 0 bridgehead atoms. The number of benzene rings is 1. The summed E-state index contributed by atoms with van der Waals surface area (Å²) in [6, 6.07) is 10.0. The fourth-order valence-corrected chi connectivity index (χ4v) is 3.03. The van der Waals surface area contributed by atoms with Crippen molar-refractivity contribution in [3.8, 4) is 5.75 Å². The Labute approximate surface area is 129 Å². The molecule has 3 rings (SSSR count). The second-order valence-electron chi connectivity index (χ2n) is 5.12. The maximum Gasteiger partial charge on any atom is 0.128 e. The number of aromatic nitrogens is 1. The molecule has 0 saturated carbocycles. The first-order valence-electron chi connectivity index (χ1n) is 7.06. The Kier molecular flexibility index (Phi) is 3.99. The van der Waals surface area contributed by atoms with Crippen LogP contribution in [0.25, 0.3) is 0 Å². The Balaban J connectivity index is 2.01. The summed E-state index contributed by atoms with van der Waals surface area (Å²) >= 11 is 6.09. The molecule has 110 valence electrons. The minimum atomic E-state index is 0.0323. The normalized spacial score (nSPS) is 18.1. The lowest BCUT2D eigenvalue weighted by atomic mass is 9.88. The zero-order chi connectivity index (χ0) is 14.8. The minimum Gasteiger partial charge on any atom is -0.493 e. The van der Waals surface area contributed by atoms with Crippen LogP contribution in [0.4, 0.5) is 5.82 Å². The van der Waals surface area contributed by atoms with Crippen LogP contribution in [-0.4, -0.2) is 18.1 Å². The summed E-state index contributed by atoms with van der Waals surface area (Å²) in [6.45, 7) is 3.53. The SMILES string of the molecule is CCNC(c1cc(Cl)cnc1N)C1COc2ccccc21. The fourth-order valence-electron chi connectivity index (χ4n) is 2.87. The molecule has 0 radical (unpaired) electrons. The van der Waals surface area contributed by atoms with Gasteiger partial charge < -0.3 is 15.8 Å². The van der Waals surface area contributed by atoms with Crippen LogP contribution in [0.5, 0.6) is 5.75 Å². The second-order valence-corrected chi connectivity index (χ2v) is 5.56. The summed E-state index contributed by atoms with van der Waals surface area (Å²) in [7, 11) is 0. The largest absolute Gasteiger partial charge is 0.493 e. The number of ether oxygens (including phenoxy) is 1. The first-order chi connectivity index (χ1) is 10.2. The molecule has 0 spiro atoms. The average molecular weight is 304 g/mol. The molecule has 0 fully saturated rings. The Bertz CT molecular complexity index is 647. The van der Waals surface area contributed by atoms with Crippen LogP contribution < -0.4 is 15.8 Å². The van der Waals surface area contributed by atoms with E-state index in [0.717, 1.165) is 17.9 Å². The van der Waals surface area contributed by atoms with Crippen LogP contribution in [0.3, 0.4) is 0 Å². The van der Waals surface area contributed by atoms with Crippen LogP contribution in [0.15, 0.2) is 36.5 Å². The van der Waals surface area contributed by atoms with E-state index in [0.29, 0.717) is 17.4 Å².